The summed E-state index contributed by atoms with van der Waals surface area (Å²) in [5, 5.41) is 0. The Morgan fingerprint density at radius 3 is 2.84 bits per heavy atom. The van der Waals surface area contributed by atoms with Crippen molar-refractivity contribution < 1.29 is 18.7 Å². The number of benzene rings is 1. The second-order valence-electron chi connectivity index (χ2n) is 5.21. The molecule has 0 atom stereocenters. The molecule has 0 radical (unpaired) electrons. The molecule has 0 fully saturated rings. The van der Waals surface area contributed by atoms with Crippen molar-refractivity contribution in [3.05, 3.63) is 57.6 Å². The molecule has 0 saturated heterocycles. The van der Waals surface area contributed by atoms with Crippen molar-refractivity contribution in [1.29, 1.82) is 0 Å². The van der Waals surface area contributed by atoms with E-state index >= 15 is 0 Å². The summed E-state index contributed by atoms with van der Waals surface area (Å²) in [6, 6.07) is 6.46. The van der Waals surface area contributed by atoms with E-state index < -0.39 is 18.7 Å². The summed E-state index contributed by atoms with van der Waals surface area (Å²) in [6.07, 6.45) is 2.16. The zero-order valence-electron chi connectivity index (χ0n) is 12.6. The summed E-state index contributed by atoms with van der Waals surface area (Å²) < 4.78 is 26.1. The molecule has 0 unspecified atom stereocenters. The molecule has 1 aromatic carbocycles. The zero-order valence-corrected chi connectivity index (χ0v) is 13.5. The molecule has 11 heteroatoms. The lowest BCUT2D eigenvalue weighted by Crippen LogP contribution is -2.12. The highest BCUT2D eigenvalue weighted by atomic mass is 31.2. The van der Waals surface area contributed by atoms with Gasteiger partial charge in [-0.2, -0.15) is 9.37 Å². The number of anilines is 1. The Kier molecular flexibility index (Phi) is 4.25. The minimum absolute atomic E-state index is 0.0695. The van der Waals surface area contributed by atoms with Gasteiger partial charge in [-0.25, -0.2) is 4.98 Å². The SMILES string of the molecule is Nc1nc2c(ncn2Cc2ccccc2/C=C(\F)P(=O)(O)O)c(=O)[nH]1. The Balaban J connectivity index is 2.06. The summed E-state index contributed by atoms with van der Waals surface area (Å²) in [6.45, 7) is 0.146. The quantitative estimate of drug-likeness (QED) is 0.508. The molecule has 3 aromatic rings. The molecule has 0 amide bonds. The van der Waals surface area contributed by atoms with Crippen molar-refractivity contribution in [2.75, 3.05) is 5.73 Å². The fraction of sp³-hybridized carbons (Fsp3) is 0.0714. The first-order valence-corrected chi connectivity index (χ1v) is 8.59. The van der Waals surface area contributed by atoms with Gasteiger partial charge in [0.1, 0.15) is 0 Å². The molecule has 9 nitrogen and oxygen atoms in total. The third kappa shape index (κ3) is 3.50. The number of H-pyrrole nitrogens is 1. The van der Waals surface area contributed by atoms with Crippen molar-refractivity contribution in [3.8, 4) is 0 Å². The highest BCUT2D eigenvalue weighted by Gasteiger charge is 2.21. The molecule has 3 rings (SSSR count). The number of aromatic amines is 1. The lowest BCUT2D eigenvalue weighted by Gasteiger charge is -2.08. The van der Waals surface area contributed by atoms with Gasteiger partial charge in [0.05, 0.1) is 12.9 Å². The first kappa shape index (κ1) is 17.0. The van der Waals surface area contributed by atoms with Crippen LogP contribution < -0.4 is 11.3 Å². The zero-order chi connectivity index (χ0) is 18.2. The van der Waals surface area contributed by atoms with E-state index in [1.165, 1.54) is 17.0 Å². The monoisotopic (exact) mass is 365 g/mol. The van der Waals surface area contributed by atoms with Crippen LogP contribution in [-0.2, 0) is 11.1 Å². The number of nitrogen functional groups attached to an aromatic ring is 1. The highest BCUT2D eigenvalue weighted by molar-refractivity contribution is 7.56. The van der Waals surface area contributed by atoms with Crippen LogP contribution in [0.25, 0.3) is 17.2 Å². The number of aromatic nitrogens is 4. The minimum Gasteiger partial charge on any atom is -0.369 e. The Labute approximate surface area is 139 Å². The standard InChI is InChI=1S/C14H13FN5O4P/c15-10(25(22,23)24)5-8-3-1-2-4-9(8)6-20-7-17-11-12(20)18-14(16)19-13(11)21/h1-5,7H,6H2,(H2,22,23,24)(H3,16,18,19,21)/b10-5+. The van der Waals surface area contributed by atoms with E-state index in [-0.39, 0.29) is 29.2 Å². The van der Waals surface area contributed by atoms with Crippen LogP contribution in [0.4, 0.5) is 10.3 Å². The van der Waals surface area contributed by atoms with Crippen molar-refractivity contribution in [2.24, 2.45) is 0 Å². The number of rotatable bonds is 4. The van der Waals surface area contributed by atoms with Gasteiger partial charge in [-0.3, -0.25) is 14.3 Å². The molecule has 0 aliphatic heterocycles. The van der Waals surface area contributed by atoms with Gasteiger partial charge in [-0.15, -0.1) is 0 Å². The Morgan fingerprint density at radius 1 is 1.40 bits per heavy atom. The summed E-state index contributed by atoms with van der Waals surface area (Å²) in [4.78, 5) is 39.9. The molecule has 5 N–H and O–H groups in total. The maximum atomic E-state index is 13.6. The van der Waals surface area contributed by atoms with Crippen LogP contribution in [0, 0.1) is 0 Å². The van der Waals surface area contributed by atoms with Gasteiger partial charge in [0.2, 0.25) is 11.5 Å². The van der Waals surface area contributed by atoms with Gasteiger partial charge in [0.25, 0.3) is 5.56 Å². The van der Waals surface area contributed by atoms with Crippen molar-refractivity contribution in [1.82, 2.24) is 19.5 Å². The normalized spacial score (nSPS) is 12.7. The third-order valence-electron chi connectivity index (χ3n) is 3.44. The van der Waals surface area contributed by atoms with Crippen LogP contribution >= 0.6 is 7.60 Å². The number of imidazole rings is 1. The summed E-state index contributed by atoms with van der Waals surface area (Å²) >= 11 is 0. The van der Waals surface area contributed by atoms with Gasteiger partial charge < -0.3 is 20.1 Å². The van der Waals surface area contributed by atoms with Crippen molar-refractivity contribution in [3.63, 3.8) is 0 Å². The molecule has 0 aliphatic carbocycles. The van der Waals surface area contributed by atoms with E-state index in [9.17, 15) is 13.8 Å². The number of halogens is 1. The number of nitrogens with zero attached hydrogens (tertiary/aromatic N) is 3. The van der Waals surface area contributed by atoms with Crippen LogP contribution in [0.2, 0.25) is 0 Å². The van der Waals surface area contributed by atoms with Gasteiger partial charge in [-0.1, -0.05) is 24.3 Å². The van der Waals surface area contributed by atoms with Crippen LogP contribution in [0.3, 0.4) is 0 Å². The average molecular weight is 365 g/mol. The highest BCUT2D eigenvalue weighted by Crippen LogP contribution is 2.46. The first-order chi connectivity index (χ1) is 11.8. The predicted octanol–water partition coefficient (Wildman–Crippen LogP) is 1.20. The third-order valence-corrected chi connectivity index (χ3v) is 4.13. The number of fused-ring (bicyclic) bond motifs is 1. The Morgan fingerprint density at radius 2 is 2.12 bits per heavy atom. The van der Waals surface area contributed by atoms with E-state index in [1.54, 1.807) is 18.2 Å². The molecular formula is C14H13FN5O4P. The molecule has 0 saturated carbocycles. The number of nitrogens with two attached hydrogens (primary N) is 1. The first-order valence-electron chi connectivity index (χ1n) is 6.97. The number of nitrogens with one attached hydrogen (secondary N) is 1. The fourth-order valence-electron chi connectivity index (χ4n) is 2.30. The fourth-order valence-corrected chi connectivity index (χ4v) is 2.61. The number of hydrogen-bond donors (Lipinski definition) is 4. The van der Waals surface area contributed by atoms with Crippen molar-refractivity contribution in [2.45, 2.75) is 6.54 Å². The maximum Gasteiger partial charge on any atom is 0.384 e. The van der Waals surface area contributed by atoms with Crippen LogP contribution in [0.5, 0.6) is 0 Å². The Bertz CT molecular complexity index is 1080. The minimum atomic E-state index is -4.96. The smallest absolute Gasteiger partial charge is 0.369 e. The largest absolute Gasteiger partial charge is 0.384 e. The summed E-state index contributed by atoms with van der Waals surface area (Å²) in [5.41, 5.74) is 4.69. The van der Waals surface area contributed by atoms with Gasteiger partial charge in [0.15, 0.2) is 11.2 Å². The molecule has 0 aliphatic rings. The molecule has 0 bridgehead atoms. The van der Waals surface area contributed by atoms with Crippen LogP contribution in [0.15, 0.2) is 41.0 Å². The van der Waals surface area contributed by atoms with Gasteiger partial charge in [0, 0.05) is 0 Å². The molecule has 25 heavy (non-hydrogen) atoms. The maximum absolute atomic E-state index is 13.6. The molecule has 0 spiro atoms. The molecule has 2 aromatic heterocycles. The molecule has 2 heterocycles. The van der Waals surface area contributed by atoms with Crippen LogP contribution in [0.1, 0.15) is 11.1 Å². The van der Waals surface area contributed by atoms with Crippen LogP contribution in [-0.4, -0.2) is 29.3 Å². The second kappa shape index (κ2) is 6.25. The number of hydrogen-bond acceptors (Lipinski definition) is 5. The van der Waals surface area contributed by atoms with E-state index in [4.69, 9.17) is 15.5 Å². The Hall–Kier alpha value is -2.81. The molecule has 130 valence electrons. The van der Waals surface area contributed by atoms with Gasteiger partial charge >= 0.3 is 7.60 Å². The van der Waals surface area contributed by atoms with Crippen molar-refractivity contribution >= 4 is 30.8 Å². The second-order valence-corrected chi connectivity index (χ2v) is 6.72. The van der Waals surface area contributed by atoms with Gasteiger partial charge in [-0.05, 0) is 17.2 Å². The van der Waals surface area contributed by atoms with E-state index in [0.29, 0.717) is 5.56 Å². The lowest BCUT2D eigenvalue weighted by atomic mass is 10.1. The van der Waals surface area contributed by atoms with E-state index in [2.05, 4.69) is 15.0 Å². The van der Waals surface area contributed by atoms with E-state index in [0.717, 1.165) is 6.08 Å². The average Bonchev–Trinajstić information content (AvgIpc) is 2.91. The topological polar surface area (TPSA) is 147 Å². The molecular weight excluding hydrogens is 352 g/mol. The summed E-state index contributed by atoms with van der Waals surface area (Å²) in [5.74, 6) is -0.0695. The predicted molar refractivity (Wildman–Crippen MR) is 89.2 cm³/mol. The lowest BCUT2D eigenvalue weighted by molar-refractivity contribution is 0.369. The van der Waals surface area contributed by atoms with E-state index in [1.807, 2.05) is 0 Å². The summed E-state index contributed by atoms with van der Waals surface area (Å²) in [7, 11) is -4.96.